The average molecular weight is 566 g/mol. The van der Waals surface area contributed by atoms with Crippen molar-refractivity contribution in [2.75, 3.05) is 14.2 Å². The summed E-state index contributed by atoms with van der Waals surface area (Å²) in [7, 11) is -1.23. The number of methoxy groups -OCH3 is 2. The molecule has 0 aromatic heterocycles. The van der Waals surface area contributed by atoms with Gasteiger partial charge in [-0.15, -0.1) is 0 Å². The van der Waals surface area contributed by atoms with E-state index in [9.17, 15) is 13.2 Å². The minimum atomic E-state index is -4.16. The SMILES string of the molecule is COc1cccc(OC)c1/C=C(\C(=O)c1ccc(Br)cc1)S(=O)(=O)c1ccc(Br)cc1. The Morgan fingerprint density at radius 2 is 1.29 bits per heavy atom. The maximum absolute atomic E-state index is 13.5. The van der Waals surface area contributed by atoms with Crippen LogP contribution in [0.1, 0.15) is 15.9 Å². The van der Waals surface area contributed by atoms with Crippen LogP contribution >= 0.6 is 31.9 Å². The van der Waals surface area contributed by atoms with Crippen LogP contribution in [-0.4, -0.2) is 28.4 Å². The number of hydrogen-bond donors (Lipinski definition) is 0. The normalized spacial score (nSPS) is 11.8. The van der Waals surface area contributed by atoms with Gasteiger partial charge in [-0.25, -0.2) is 8.42 Å². The lowest BCUT2D eigenvalue weighted by Gasteiger charge is -2.13. The lowest BCUT2D eigenvalue weighted by molar-refractivity contribution is 0.104. The van der Waals surface area contributed by atoms with Crippen LogP contribution in [0, 0.1) is 0 Å². The van der Waals surface area contributed by atoms with Crippen molar-refractivity contribution >= 4 is 53.6 Å². The van der Waals surface area contributed by atoms with E-state index in [4.69, 9.17) is 9.47 Å². The van der Waals surface area contributed by atoms with Crippen LogP contribution in [0.25, 0.3) is 6.08 Å². The van der Waals surface area contributed by atoms with Crippen LogP contribution < -0.4 is 9.47 Å². The number of carbonyl (C=O) groups is 1. The average Bonchev–Trinajstić information content (AvgIpc) is 2.77. The maximum atomic E-state index is 13.5. The second kappa shape index (κ2) is 9.80. The molecule has 0 spiro atoms. The highest BCUT2D eigenvalue weighted by Crippen LogP contribution is 2.34. The van der Waals surface area contributed by atoms with Gasteiger partial charge in [0, 0.05) is 14.5 Å². The predicted octanol–water partition coefficient (Wildman–Crippen LogP) is 5.93. The van der Waals surface area contributed by atoms with Gasteiger partial charge in [0.25, 0.3) is 0 Å². The number of hydrogen-bond acceptors (Lipinski definition) is 5. The number of ketones is 1. The van der Waals surface area contributed by atoms with Crippen molar-refractivity contribution in [3.63, 3.8) is 0 Å². The van der Waals surface area contributed by atoms with E-state index in [1.807, 2.05) is 0 Å². The fraction of sp³-hybridized carbons (Fsp3) is 0.0870. The van der Waals surface area contributed by atoms with Crippen molar-refractivity contribution in [3.8, 4) is 11.5 Å². The Labute approximate surface area is 197 Å². The molecule has 8 heteroatoms. The fourth-order valence-electron chi connectivity index (χ4n) is 2.90. The van der Waals surface area contributed by atoms with Crippen LogP contribution in [0.3, 0.4) is 0 Å². The zero-order valence-corrected chi connectivity index (χ0v) is 20.6. The van der Waals surface area contributed by atoms with Crippen molar-refractivity contribution < 1.29 is 22.7 Å². The molecular weight excluding hydrogens is 548 g/mol. The molecular formula is C23H18Br2O5S. The number of sulfone groups is 1. The Morgan fingerprint density at radius 3 is 1.77 bits per heavy atom. The maximum Gasteiger partial charge on any atom is 0.210 e. The minimum Gasteiger partial charge on any atom is -0.496 e. The molecule has 0 heterocycles. The highest BCUT2D eigenvalue weighted by atomic mass is 79.9. The van der Waals surface area contributed by atoms with Gasteiger partial charge in [-0.3, -0.25) is 4.79 Å². The number of carbonyl (C=O) groups excluding carboxylic acids is 1. The number of ether oxygens (including phenoxy) is 2. The summed E-state index contributed by atoms with van der Waals surface area (Å²) in [5.41, 5.74) is 0.595. The van der Waals surface area contributed by atoms with Crippen LogP contribution in [0.15, 0.2) is 85.5 Å². The summed E-state index contributed by atoms with van der Waals surface area (Å²) >= 11 is 6.62. The Hall–Kier alpha value is -2.42. The molecule has 160 valence electrons. The van der Waals surface area contributed by atoms with Crippen LogP contribution in [0.5, 0.6) is 11.5 Å². The molecule has 0 radical (unpaired) electrons. The lowest BCUT2D eigenvalue weighted by atomic mass is 10.1. The molecule has 0 amide bonds. The molecule has 0 aliphatic carbocycles. The van der Waals surface area contributed by atoms with Gasteiger partial charge in [0.05, 0.1) is 24.7 Å². The van der Waals surface area contributed by atoms with Crippen molar-refractivity contribution in [1.29, 1.82) is 0 Å². The van der Waals surface area contributed by atoms with E-state index in [1.165, 1.54) is 32.4 Å². The Bertz CT molecular complexity index is 1210. The van der Waals surface area contributed by atoms with Gasteiger partial charge in [0.1, 0.15) is 16.4 Å². The lowest BCUT2D eigenvalue weighted by Crippen LogP contribution is -2.15. The summed E-state index contributed by atoms with van der Waals surface area (Å²) in [6.07, 6.45) is 1.30. The molecule has 0 saturated heterocycles. The Balaban J connectivity index is 2.27. The smallest absolute Gasteiger partial charge is 0.210 e. The molecule has 3 rings (SSSR count). The van der Waals surface area contributed by atoms with E-state index < -0.39 is 15.6 Å². The summed E-state index contributed by atoms with van der Waals surface area (Å²) in [4.78, 5) is 13.0. The highest BCUT2D eigenvalue weighted by molar-refractivity contribution is 9.10. The number of allylic oxidation sites excluding steroid dienone is 1. The molecule has 0 saturated carbocycles. The first-order valence-corrected chi connectivity index (χ1v) is 12.1. The fourth-order valence-corrected chi connectivity index (χ4v) is 4.81. The first-order chi connectivity index (χ1) is 14.8. The zero-order valence-electron chi connectivity index (χ0n) is 16.6. The van der Waals surface area contributed by atoms with Gasteiger partial charge in [-0.05, 0) is 66.7 Å². The van der Waals surface area contributed by atoms with E-state index in [1.54, 1.807) is 54.6 Å². The topological polar surface area (TPSA) is 69.7 Å². The van der Waals surface area contributed by atoms with Gasteiger partial charge < -0.3 is 9.47 Å². The van der Waals surface area contributed by atoms with Crippen LogP contribution in [-0.2, 0) is 9.84 Å². The molecule has 3 aromatic carbocycles. The van der Waals surface area contributed by atoms with Gasteiger partial charge in [-0.1, -0.05) is 37.9 Å². The van der Waals surface area contributed by atoms with Crippen molar-refractivity contribution in [2.45, 2.75) is 4.90 Å². The van der Waals surface area contributed by atoms with E-state index in [0.29, 0.717) is 17.1 Å². The largest absolute Gasteiger partial charge is 0.496 e. The van der Waals surface area contributed by atoms with Crippen molar-refractivity contribution in [2.24, 2.45) is 0 Å². The molecule has 0 aliphatic heterocycles. The van der Waals surface area contributed by atoms with E-state index in [-0.39, 0.29) is 15.4 Å². The molecule has 0 bridgehead atoms. The summed E-state index contributed by atoms with van der Waals surface area (Å²) in [5.74, 6) is 0.126. The van der Waals surface area contributed by atoms with Crippen molar-refractivity contribution in [3.05, 3.63) is 91.7 Å². The molecule has 5 nitrogen and oxygen atoms in total. The van der Waals surface area contributed by atoms with E-state index in [0.717, 1.165) is 8.95 Å². The van der Waals surface area contributed by atoms with Gasteiger partial charge in [0.15, 0.2) is 0 Å². The van der Waals surface area contributed by atoms with E-state index in [2.05, 4.69) is 31.9 Å². The Morgan fingerprint density at radius 1 is 0.806 bits per heavy atom. The van der Waals surface area contributed by atoms with Crippen LogP contribution in [0.4, 0.5) is 0 Å². The molecule has 3 aromatic rings. The zero-order chi connectivity index (χ0) is 22.6. The second-order valence-electron chi connectivity index (χ2n) is 6.38. The highest BCUT2D eigenvalue weighted by Gasteiger charge is 2.29. The third kappa shape index (κ3) is 5.08. The third-order valence-electron chi connectivity index (χ3n) is 4.49. The molecule has 31 heavy (non-hydrogen) atoms. The van der Waals surface area contributed by atoms with Gasteiger partial charge in [-0.2, -0.15) is 0 Å². The van der Waals surface area contributed by atoms with Crippen LogP contribution in [0.2, 0.25) is 0 Å². The molecule has 0 aliphatic rings. The molecule has 0 N–H and O–H groups in total. The first-order valence-electron chi connectivity index (χ1n) is 9.01. The standard InChI is InChI=1S/C23H18Br2O5S/c1-29-20-4-3-5-21(30-2)19(20)14-22(23(26)15-6-8-16(24)9-7-15)31(27,28)18-12-10-17(25)11-13-18/h3-14H,1-2H3/b22-14+. The number of Topliss-reactive ketones (excluding diaryl/α,β-unsaturated/α-hetero) is 1. The molecule has 0 fully saturated rings. The molecule has 0 unspecified atom stereocenters. The number of benzene rings is 3. The van der Waals surface area contributed by atoms with Crippen molar-refractivity contribution in [1.82, 2.24) is 0 Å². The van der Waals surface area contributed by atoms with Gasteiger partial charge in [0.2, 0.25) is 15.6 Å². The summed E-state index contributed by atoms with van der Waals surface area (Å²) in [6.45, 7) is 0. The summed E-state index contributed by atoms with van der Waals surface area (Å²) in [5, 5.41) is 0. The number of halogens is 2. The number of rotatable bonds is 7. The minimum absolute atomic E-state index is 0.00118. The predicted molar refractivity (Wildman–Crippen MR) is 127 cm³/mol. The summed E-state index contributed by atoms with van der Waals surface area (Å²) < 4.78 is 39.3. The quantitative estimate of drug-likeness (QED) is 0.262. The second-order valence-corrected chi connectivity index (χ2v) is 10.1. The third-order valence-corrected chi connectivity index (χ3v) is 7.32. The molecule has 0 atom stereocenters. The monoisotopic (exact) mass is 564 g/mol. The van der Waals surface area contributed by atoms with E-state index >= 15 is 0 Å². The summed E-state index contributed by atoms with van der Waals surface area (Å²) in [6, 6.07) is 17.7. The first kappa shape index (κ1) is 23.2. The Kier molecular flexibility index (Phi) is 7.35. The van der Waals surface area contributed by atoms with Gasteiger partial charge >= 0.3 is 0 Å².